The van der Waals surface area contributed by atoms with Gasteiger partial charge >= 0.3 is 0 Å². The number of rotatable bonds is 2. The number of halogens is 1. The van der Waals surface area contributed by atoms with Gasteiger partial charge in [-0.05, 0) is 31.7 Å². The number of nitrogens with zero attached hydrogens (tertiary/aromatic N) is 2. The number of benzene rings is 1. The smallest absolute Gasteiger partial charge is 0.282 e. The fourth-order valence-corrected chi connectivity index (χ4v) is 3.37. The van der Waals surface area contributed by atoms with Crippen LogP contribution in [-0.4, -0.2) is 40.9 Å². The summed E-state index contributed by atoms with van der Waals surface area (Å²) in [6.07, 6.45) is 3.16. The summed E-state index contributed by atoms with van der Waals surface area (Å²) >= 11 is 0. The van der Waals surface area contributed by atoms with Crippen LogP contribution in [0.1, 0.15) is 35.2 Å². The summed E-state index contributed by atoms with van der Waals surface area (Å²) in [5.41, 5.74) is 0.805. The molecule has 1 aromatic rings. The van der Waals surface area contributed by atoms with E-state index in [9.17, 15) is 14.9 Å². The zero-order valence-electron chi connectivity index (χ0n) is 12.4. The maximum absolute atomic E-state index is 12.8. The van der Waals surface area contributed by atoms with Gasteiger partial charge < -0.3 is 10.2 Å². The van der Waals surface area contributed by atoms with Gasteiger partial charge in [-0.2, -0.15) is 0 Å². The second-order valence-corrected chi connectivity index (χ2v) is 5.90. The van der Waals surface area contributed by atoms with Gasteiger partial charge in [0.15, 0.2) is 0 Å². The van der Waals surface area contributed by atoms with Crippen LogP contribution >= 0.6 is 12.4 Å². The second-order valence-electron chi connectivity index (χ2n) is 5.90. The van der Waals surface area contributed by atoms with E-state index in [-0.39, 0.29) is 29.6 Å². The highest BCUT2D eigenvalue weighted by Gasteiger charge is 2.33. The number of likely N-dealkylation sites (tertiary alicyclic amines) is 1. The van der Waals surface area contributed by atoms with Crippen molar-refractivity contribution >= 4 is 24.0 Å². The maximum atomic E-state index is 12.8. The third-order valence-corrected chi connectivity index (χ3v) is 4.47. The Bertz CT molecular complexity index is 593. The van der Waals surface area contributed by atoms with Gasteiger partial charge in [-0.3, -0.25) is 14.9 Å². The Morgan fingerprint density at radius 1 is 1.32 bits per heavy atom. The van der Waals surface area contributed by atoms with Crippen LogP contribution in [-0.2, 0) is 0 Å². The molecule has 2 bridgehead atoms. The topological polar surface area (TPSA) is 75.5 Å². The SMILES string of the molecule is Cc1cccc([N+](=O)[O-])c1C(=O)N1CCC2CCC(C1)N2.Cl. The molecule has 0 aromatic heterocycles. The van der Waals surface area contributed by atoms with Crippen molar-refractivity contribution in [1.82, 2.24) is 10.2 Å². The largest absolute Gasteiger partial charge is 0.337 e. The highest BCUT2D eigenvalue weighted by atomic mass is 35.5. The summed E-state index contributed by atoms with van der Waals surface area (Å²) in [6.45, 7) is 3.06. The quantitative estimate of drug-likeness (QED) is 0.668. The van der Waals surface area contributed by atoms with Crippen molar-refractivity contribution in [2.45, 2.75) is 38.3 Å². The van der Waals surface area contributed by atoms with E-state index in [1.165, 1.54) is 6.07 Å². The zero-order chi connectivity index (χ0) is 15.0. The van der Waals surface area contributed by atoms with E-state index in [0.717, 1.165) is 19.3 Å². The third-order valence-electron chi connectivity index (χ3n) is 4.47. The third kappa shape index (κ3) is 3.08. The Morgan fingerprint density at radius 2 is 2.05 bits per heavy atom. The molecular weight excluding hydrogens is 306 g/mol. The lowest BCUT2D eigenvalue weighted by Gasteiger charge is -2.24. The monoisotopic (exact) mass is 325 g/mol. The van der Waals surface area contributed by atoms with E-state index in [1.807, 2.05) is 0 Å². The van der Waals surface area contributed by atoms with Crippen LogP contribution < -0.4 is 5.32 Å². The number of nitrogens with one attached hydrogen (secondary N) is 1. The van der Waals surface area contributed by atoms with Gasteiger partial charge in [0.25, 0.3) is 11.6 Å². The molecule has 2 fully saturated rings. The zero-order valence-corrected chi connectivity index (χ0v) is 13.3. The van der Waals surface area contributed by atoms with E-state index < -0.39 is 4.92 Å². The Hall–Kier alpha value is -1.66. The summed E-state index contributed by atoms with van der Waals surface area (Å²) in [6, 6.07) is 5.59. The minimum absolute atomic E-state index is 0. The summed E-state index contributed by atoms with van der Waals surface area (Å²) in [7, 11) is 0. The van der Waals surface area contributed by atoms with Gasteiger partial charge in [0.05, 0.1) is 4.92 Å². The second kappa shape index (κ2) is 6.62. The Labute approximate surface area is 135 Å². The average Bonchev–Trinajstić information content (AvgIpc) is 2.77. The number of carbonyl (C=O) groups excluding carboxylic acids is 1. The van der Waals surface area contributed by atoms with E-state index >= 15 is 0 Å². The fourth-order valence-electron chi connectivity index (χ4n) is 3.37. The molecule has 1 N–H and O–H groups in total. The van der Waals surface area contributed by atoms with E-state index in [1.54, 1.807) is 24.0 Å². The molecule has 1 amide bonds. The predicted molar refractivity (Wildman–Crippen MR) is 85.5 cm³/mol. The maximum Gasteiger partial charge on any atom is 0.282 e. The van der Waals surface area contributed by atoms with Crippen LogP contribution in [0.25, 0.3) is 0 Å². The van der Waals surface area contributed by atoms with E-state index in [0.29, 0.717) is 30.7 Å². The molecule has 0 spiro atoms. The number of fused-ring (bicyclic) bond motifs is 2. The van der Waals surface area contributed by atoms with Gasteiger partial charge in [-0.15, -0.1) is 12.4 Å². The van der Waals surface area contributed by atoms with Crippen LogP contribution in [0.15, 0.2) is 18.2 Å². The first kappa shape index (κ1) is 16.7. The van der Waals surface area contributed by atoms with Crippen LogP contribution in [0.4, 0.5) is 5.69 Å². The predicted octanol–water partition coefficient (Wildman–Crippen LogP) is 2.29. The molecule has 2 unspecified atom stereocenters. The molecule has 2 saturated heterocycles. The molecule has 0 saturated carbocycles. The summed E-state index contributed by atoms with van der Waals surface area (Å²) < 4.78 is 0. The highest BCUT2D eigenvalue weighted by molar-refractivity contribution is 5.99. The molecule has 3 rings (SSSR count). The minimum Gasteiger partial charge on any atom is -0.337 e. The lowest BCUT2D eigenvalue weighted by Crippen LogP contribution is -2.39. The molecule has 120 valence electrons. The number of hydrogen-bond acceptors (Lipinski definition) is 4. The van der Waals surface area contributed by atoms with E-state index in [4.69, 9.17) is 0 Å². The molecule has 1 aromatic carbocycles. The number of nitro groups is 1. The fraction of sp³-hybridized carbons (Fsp3) is 0.533. The Kier molecular flexibility index (Phi) is 5.03. The van der Waals surface area contributed by atoms with Crippen molar-refractivity contribution in [2.24, 2.45) is 0 Å². The number of hydrogen-bond donors (Lipinski definition) is 1. The van der Waals surface area contributed by atoms with Gasteiger partial charge in [0.2, 0.25) is 0 Å². The molecule has 6 nitrogen and oxygen atoms in total. The van der Waals surface area contributed by atoms with Crippen LogP contribution in [0.2, 0.25) is 0 Å². The van der Waals surface area contributed by atoms with Gasteiger partial charge in [0.1, 0.15) is 5.56 Å². The molecule has 2 aliphatic heterocycles. The highest BCUT2D eigenvalue weighted by Crippen LogP contribution is 2.26. The molecule has 0 radical (unpaired) electrons. The van der Waals surface area contributed by atoms with Crippen molar-refractivity contribution in [1.29, 1.82) is 0 Å². The van der Waals surface area contributed by atoms with Crippen LogP contribution in [0.5, 0.6) is 0 Å². The average molecular weight is 326 g/mol. The summed E-state index contributed by atoms with van der Waals surface area (Å²) in [5, 5.41) is 14.7. The van der Waals surface area contributed by atoms with Crippen molar-refractivity contribution in [3.05, 3.63) is 39.4 Å². The van der Waals surface area contributed by atoms with Crippen molar-refractivity contribution in [3.8, 4) is 0 Å². The molecule has 2 heterocycles. The lowest BCUT2D eigenvalue weighted by molar-refractivity contribution is -0.385. The number of nitro benzene ring substituents is 1. The van der Waals surface area contributed by atoms with Crippen LogP contribution in [0, 0.1) is 17.0 Å². The molecule has 7 heteroatoms. The summed E-state index contributed by atoms with van der Waals surface area (Å²) in [5.74, 6) is -0.214. The minimum atomic E-state index is -0.470. The first-order valence-corrected chi connectivity index (χ1v) is 7.35. The molecule has 0 aliphatic carbocycles. The van der Waals surface area contributed by atoms with Gasteiger partial charge in [-0.1, -0.05) is 12.1 Å². The van der Waals surface area contributed by atoms with Gasteiger partial charge in [0, 0.05) is 31.2 Å². The summed E-state index contributed by atoms with van der Waals surface area (Å²) in [4.78, 5) is 25.2. The first-order valence-electron chi connectivity index (χ1n) is 7.35. The van der Waals surface area contributed by atoms with Crippen molar-refractivity contribution in [3.63, 3.8) is 0 Å². The van der Waals surface area contributed by atoms with Gasteiger partial charge in [-0.25, -0.2) is 0 Å². The van der Waals surface area contributed by atoms with E-state index in [2.05, 4.69) is 5.32 Å². The molecule has 2 atom stereocenters. The number of amides is 1. The normalized spacial score (nSPS) is 23.6. The Balaban J connectivity index is 0.00000176. The standard InChI is InChI=1S/C15H19N3O3.ClH/c1-10-3-2-4-13(18(20)21)14(10)15(19)17-8-7-11-5-6-12(9-17)16-11;/h2-4,11-12,16H,5-9H2,1H3;1H. The van der Waals surface area contributed by atoms with Crippen molar-refractivity contribution < 1.29 is 9.72 Å². The lowest BCUT2D eigenvalue weighted by atomic mass is 10.0. The molecule has 22 heavy (non-hydrogen) atoms. The van der Waals surface area contributed by atoms with Crippen molar-refractivity contribution in [2.75, 3.05) is 13.1 Å². The first-order chi connectivity index (χ1) is 10.1. The molecular formula is C15H20ClN3O3. The number of carbonyl (C=O) groups is 1. The Morgan fingerprint density at radius 3 is 2.77 bits per heavy atom. The van der Waals surface area contributed by atoms with Crippen LogP contribution in [0.3, 0.4) is 0 Å². The molecule has 2 aliphatic rings. The number of aryl methyl sites for hydroxylation is 1.